The van der Waals surface area contributed by atoms with Gasteiger partial charge in [-0.1, -0.05) is 48.5 Å². The van der Waals surface area contributed by atoms with Crippen LogP contribution in [0.1, 0.15) is 17.0 Å². The average molecular weight is 430 g/mol. The molecule has 2 aliphatic rings. The van der Waals surface area contributed by atoms with Crippen LogP contribution in [0.4, 0.5) is 16.2 Å². The van der Waals surface area contributed by atoms with Crippen molar-refractivity contribution < 1.29 is 14.6 Å². The monoisotopic (exact) mass is 429 g/mol. The maximum atomic E-state index is 13.2. The number of nitrogens with one attached hydrogen (secondary N) is 1. The fourth-order valence-electron chi connectivity index (χ4n) is 5.05. The van der Waals surface area contributed by atoms with Crippen molar-refractivity contribution in [3.8, 4) is 5.75 Å². The lowest BCUT2D eigenvalue weighted by Crippen LogP contribution is -2.69. The topological polar surface area (TPSA) is 65.0 Å². The molecule has 0 saturated carbocycles. The number of anilines is 2. The van der Waals surface area contributed by atoms with Gasteiger partial charge in [-0.25, -0.2) is 4.79 Å². The van der Waals surface area contributed by atoms with Crippen molar-refractivity contribution in [3.63, 3.8) is 0 Å². The molecule has 5 rings (SSSR count). The van der Waals surface area contributed by atoms with Crippen molar-refractivity contribution in [2.75, 3.05) is 30.5 Å². The molecule has 1 fully saturated rings. The summed E-state index contributed by atoms with van der Waals surface area (Å²) < 4.78 is 5.27. The molecule has 3 atom stereocenters. The van der Waals surface area contributed by atoms with Crippen LogP contribution >= 0.6 is 0 Å². The third-order valence-electron chi connectivity index (χ3n) is 6.62. The molecule has 0 bridgehead atoms. The normalized spacial score (nSPS) is 21.8. The number of nitrogens with zero attached hydrogens (tertiary/aromatic N) is 2. The van der Waals surface area contributed by atoms with Crippen LogP contribution in [0, 0.1) is 0 Å². The minimum Gasteiger partial charge on any atom is -0.497 e. The smallest absolute Gasteiger partial charge is 0.326 e. The van der Waals surface area contributed by atoms with Crippen LogP contribution in [0.2, 0.25) is 0 Å². The summed E-state index contributed by atoms with van der Waals surface area (Å²) in [5.41, 5.74) is 3.97. The van der Waals surface area contributed by atoms with Gasteiger partial charge in [-0.15, -0.1) is 0 Å². The van der Waals surface area contributed by atoms with E-state index in [0.717, 1.165) is 28.3 Å². The highest BCUT2D eigenvalue weighted by Crippen LogP contribution is 2.48. The Hall–Kier alpha value is -3.35. The number of aliphatic hydroxyl groups is 1. The molecule has 3 aromatic rings. The minimum atomic E-state index is -0.140. The Morgan fingerprint density at radius 2 is 1.75 bits per heavy atom. The number of para-hydroxylation sites is 2. The Morgan fingerprint density at radius 1 is 1.03 bits per heavy atom. The molecule has 2 aliphatic heterocycles. The highest BCUT2D eigenvalue weighted by atomic mass is 16.5. The maximum absolute atomic E-state index is 13.2. The molecule has 2 heterocycles. The first kappa shape index (κ1) is 20.5. The van der Waals surface area contributed by atoms with Crippen molar-refractivity contribution in [3.05, 3.63) is 90.0 Å². The Morgan fingerprint density at radius 3 is 2.47 bits per heavy atom. The Balaban J connectivity index is 1.41. The lowest BCUT2D eigenvalue weighted by atomic mass is 9.72. The molecule has 32 heavy (non-hydrogen) atoms. The standard InChI is InChI=1S/C26H27N3O3/c1-32-20-13-11-18(12-14-20)15-28-23-16-29(26(31)27-19-7-3-2-4-8-19)22-10-6-5-9-21(22)25(23)24(28)17-30/h2-14,23-25,30H,15-17H2,1H3,(H,27,31)/t23-,24+,25+/m0/s1. The number of amides is 2. The van der Waals surface area contributed by atoms with Gasteiger partial charge in [0, 0.05) is 42.5 Å². The Labute approximate surface area is 188 Å². The Kier molecular flexibility index (Phi) is 5.55. The van der Waals surface area contributed by atoms with E-state index in [1.165, 1.54) is 0 Å². The van der Waals surface area contributed by atoms with E-state index in [1.54, 1.807) is 7.11 Å². The van der Waals surface area contributed by atoms with Crippen molar-refractivity contribution in [2.45, 2.75) is 24.5 Å². The summed E-state index contributed by atoms with van der Waals surface area (Å²) in [5, 5.41) is 13.2. The lowest BCUT2D eigenvalue weighted by molar-refractivity contribution is -0.0484. The van der Waals surface area contributed by atoms with Crippen molar-refractivity contribution in [1.29, 1.82) is 0 Å². The van der Waals surface area contributed by atoms with Gasteiger partial charge in [-0.05, 0) is 41.5 Å². The van der Waals surface area contributed by atoms with E-state index in [4.69, 9.17) is 4.74 Å². The number of aliphatic hydroxyl groups excluding tert-OH is 1. The number of rotatable bonds is 5. The molecule has 0 radical (unpaired) electrons. The van der Waals surface area contributed by atoms with Gasteiger partial charge in [-0.3, -0.25) is 9.80 Å². The van der Waals surface area contributed by atoms with E-state index in [-0.39, 0.29) is 30.6 Å². The molecular formula is C26H27N3O3. The predicted molar refractivity (Wildman–Crippen MR) is 125 cm³/mol. The summed E-state index contributed by atoms with van der Waals surface area (Å²) in [7, 11) is 1.66. The number of hydrogen-bond acceptors (Lipinski definition) is 4. The molecule has 2 N–H and O–H groups in total. The SMILES string of the molecule is COc1ccc(CN2[C@H](CO)[C@@H]3c4ccccc4N(C(=O)Nc4ccccc4)C[C@@H]32)cc1. The molecule has 0 aromatic heterocycles. The zero-order valence-electron chi connectivity index (χ0n) is 18.0. The second-order valence-corrected chi connectivity index (χ2v) is 8.33. The first-order chi connectivity index (χ1) is 15.7. The van der Waals surface area contributed by atoms with E-state index in [1.807, 2.05) is 65.6 Å². The number of carbonyl (C=O) groups excluding carboxylic acids is 1. The van der Waals surface area contributed by atoms with Crippen LogP contribution in [0.25, 0.3) is 0 Å². The summed E-state index contributed by atoms with van der Waals surface area (Å²) >= 11 is 0. The van der Waals surface area contributed by atoms with Crippen LogP contribution in [-0.2, 0) is 6.54 Å². The van der Waals surface area contributed by atoms with Gasteiger partial charge in [0.05, 0.1) is 13.7 Å². The third kappa shape index (κ3) is 3.61. The van der Waals surface area contributed by atoms with Crippen LogP contribution in [-0.4, -0.2) is 48.4 Å². The fourth-order valence-corrected chi connectivity index (χ4v) is 5.05. The molecule has 6 nitrogen and oxygen atoms in total. The number of ether oxygens (including phenoxy) is 1. The van der Waals surface area contributed by atoms with E-state index < -0.39 is 0 Å². The second-order valence-electron chi connectivity index (χ2n) is 8.33. The summed E-state index contributed by atoms with van der Waals surface area (Å²) in [4.78, 5) is 17.4. The average Bonchev–Trinajstić information content (AvgIpc) is 2.83. The number of carbonyl (C=O) groups is 1. The van der Waals surface area contributed by atoms with Crippen molar-refractivity contribution in [1.82, 2.24) is 4.90 Å². The molecular weight excluding hydrogens is 402 g/mol. The van der Waals surface area contributed by atoms with Crippen molar-refractivity contribution in [2.24, 2.45) is 0 Å². The fraction of sp³-hybridized carbons (Fsp3) is 0.269. The maximum Gasteiger partial charge on any atom is 0.326 e. The summed E-state index contributed by atoms with van der Waals surface area (Å²) in [6.45, 7) is 1.38. The van der Waals surface area contributed by atoms with Crippen LogP contribution in [0.15, 0.2) is 78.9 Å². The highest BCUT2D eigenvalue weighted by Gasteiger charge is 2.53. The number of benzene rings is 3. The van der Waals surface area contributed by atoms with Gasteiger partial charge in [0.15, 0.2) is 0 Å². The minimum absolute atomic E-state index is 0.0302. The van der Waals surface area contributed by atoms with Crippen LogP contribution in [0.3, 0.4) is 0 Å². The number of hydrogen-bond donors (Lipinski definition) is 2. The number of likely N-dealkylation sites (tertiary alicyclic amines) is 1. The first-order valence-corrected chi connectivity index (χ1v) is 10.9. The second kappa shape index (κ2) is 8.65. The van der Waals surface area contributed by atoms with E-state index >= 15 is 0 Å². The Bertz CT molecular complexity index is 1090. The molecule has 3 aromatic carbocycles. The van der Waals surface area contributed by atoms with Gasteiger partial charge < -0.3 is 15.2 Å². The van der Waals surface area contributed by atoms with E-state index in [0.29, 0.717) is 13.1 Å². The quantitative estimate of drug-likeness (QED) is 0.642. The van der Waals surface area contributed by atoms with Gasteiger partial charge >= 0.3 is 6.03 Å². The molecule has 0 unspecified atom stereocenters. The molecule has 1 saturated heterocycles. The molecule has 164 valence electrons. The van der Waals surface area contributed by atoms with E-state index in [2.05, 4.69) is 28.4 Å². The number of methoxy groups -OCH3 is 1. The van der Waals surface area contributed by atoms with Crippen LogP contribution in [0.5, 0.6) is 5.75 Å². The number of urea groups is 1. The first-order valence-electron chi connectivity index (χ1n) is 10.9. The third-order valence-corrected chi connectivity index (χ3v) is 6.62. The highest BCUT2D eigenvalue weighted by molar-refractivity contribution is 6.02. The van der Waals surface area contributed by atoms with Gasteiger partial charge in [0.2, 0.25) is 0 Å². The summed E-state index contributed by atoms with van der Waals surface area (Å²) in [5.74, 6) is 1.03. The largest absolute Gasteiger partial charge is 0.497 e. The van der Waals surface area contributed by atoms with Crippen molar-refractivity contribution >= 4 is 17.4 Å². The molecule has 2 amide bonds. The lowest BCUT2D eigenvalue weighted by Gasteiger charge is -2.59. The van der Waals surface area contributed by atoms with Crippen LogP contribution < -0.4 is 15.0 Å². The molecule has 0 spiro atoms. The van der Waals surface area contributed by atoms with E-state index in [9.17, 15) is 9.90 Å². The predicted octanol–water partition coefficient (Wildman–Crippen LogP) is 4.08. The summed E-state index contributed by atoms with van der Waals surface area (Å²) in [6.07, 6.45) is 0. The van der Waals surface area contributed by atoms with Gasteiger partial charge in [0.1, 0.15) is 5.75 Å². The molecule has 6 heteroatoms. The summed E-state index contributed by atoms with van der Waals surface area (Å²) in [6, 6.07) is 25.6. The zero-order chi connectivity index (χ0) is 22.1. The van der Waals surface area contributed by atoms with Gasteiger partial charge in [0.25, 0.3) is 0 Å². The zero-order valence-corrected chi connectivity index (χ0v) is 18.0. The van der Waals surface area contributed by atoms with Gasteiger partial charge in [-0.2, -0.15) is 0 Å². The number of fused-ring (bicyclic) bond motifs is 3. The molecule has 0 aliphatic carbocycles.